The Kier molecular flexibility index (Phi) is 15.3. The van der Waals surface area contributed by atoms with Gasteiger partial charge in [0.15, 0.2) is 0 Å². The molecule has 0 bridgehead atoms. The predicted octanol–water partition coefficient (Wildman–Crippen LogP) is -2.75. The van der Waals surface area contributed by atoms with Gasteiger partial charge in [-0.15, -0.1) is 0 Å². The molecule has 2 atom stereocenters. The molecule has 7 nitrogen and oxygen atoms in total. The average Bonchev–Trinajstić information content (AvgIpc) is 2.46. The molecule has 19 heavy (non-hydrogen) atoms. The van der Waals surface area contributed by atoms with Gasteiger partial charge in [-0.1, -0.05) is 0 Å². The lowest BCUT2D eigenvalue weighted by atomic mass is 10.1. The second-order valence-corrected chi connectivity index (χ2v) is 4.78. The van der Waals surface area contributed by atoms with Crippen LogP contribution in [0, 0.1) is 0 Å². The van der Waals surface area contributed by atoms with Crippen molar-refractivity contribution >= 4 is 25.3 Å². The second kappa shape index (κ2) is 13.4. The van der Waals surface area contributed by atoms with Crippen LogP contribution in [-0.4, -0.2) is 87.8 Å². The van der Waals surface area contributed by atoms with Gasteiger partial charge in [0.1, 0.15) is 0 Å². The Morgan fingerprint density at radius 3 is 1.37 bits per heavy atom. The maximum atomic E-state index is 8.94. The molecule has 9 heteroatoms. The van der Waals surface area contributed by atoms with Gasteiger partial charge in [-0.2, -0.15) is 25.3 Å². The van der Waals surface area contributed by atoms with Crippen LogP contribution in [-0.2, 0) is 4.74 Å². The second-order valence-electron chi connectivity index (χ2n) is 4.05. The van der Waals surface area contributed by atoms with Crippen molar-refractivity contribution in [1.29, 1.82) is 0 Å². The van der Waals surface area contributed by atoms with E-state index in [1.54, 1.807) is 0 Å². The number of rotatable bonds is 9. The van der Waals surface area contributed by atoms with Crippen molar-refractivity contribution in [3.05, 3.63) is 0 Å². The minimum atomic E-state index is -1.21. The van der Waals surface area contributed by atoms with E-state index in [0.717, 1.165) is 0 Å². The number of hydrogen-bond acceptors (Lipinski definition) is 9. The van der Waals surface area contributed by atoms with Crippen molar-refractivity contribution in [2.24, 2.45) is 5.73 Å². The first-order chi connectivity index (χ1) is 8.88. The molecular weight excluding hydrogens is 294 g/mol. The number of thiol groups is 2. The van der Waals surface area contributed by atoms with Gasteiger partial charge in [0.05, 0.1) is 50.8 Å². The zero-order valence-corrected chi connectivity index (χ0v) is 12.5. The Morgan fingerprint density at radius 2 is 1.21 bits per heavy atom. The molecule has 0 aromatic rings. The lowest BCUT2D eigenvalue weighted by Gasteiger charge is -2.20. The summed E-state index contributed by atoms with van der Waals surface area (Å²) in [6.45, 7) is -0.775. The summed E-state index contributed by atoms with van der Waals surface area (Å²) in [5, 5.41) is 42.9. The molecule has 0 aliphatic rings. The van der Waals surface area contributed by atoms with E-state index in [9.17, 15) is 0 Å². The van der Waals surface area contributed by atoms with E-state index in [1.165, 1.54) is 0 Å². The van der Waals surface area contributed by atoms with Gasteiger partial charge in [-0.25, -0.2) is 0 Å². The molecule has 0 heterocycles. The predicted molar refractivity (Wildman–Crippen MR) is 78.7 cm³/mol. The van der Waals surface area contributed by atoms with Crippen molar-refractivity contribution in [3.63, 3.8) is 0 Å². The topological polar surface area (TPSA) is 136 Å². The summed E-state index contributed by atoms with van der Waals surface area (Å²) >= 11 is 7.71. The van der Waals surface area contributed by atoms with E-state index in [1.807, 2.05) is 0 Å². The molecule has 118 valence electrons. The Labute approximate surface area is 124 Å². The van der Waals surface area contributed by atoms with Crippen LogP contribution in [0.2, 0.25) is 0 Å². The van der Waals surface area contributed by atoms with Gasteiger partial charge >= 0.3 is 0 Å². The molecule has 0 aliphatic carbocycles. The van der Waals surface area contributed by atoms with E-state index < -0.39 is 37.6 Å². The normalized spacial score (nSPS) is 14.5. The Bertz CT molecular complexity index is 179. The lowest BCUT2D eigenvalue weighted by Crippen LogP contribution is -2.50. The van der Waals surface area contributed by atoms with Crippen LogP contribution in [0.25, 0.3) is 0 Å². The standard InChI is InChI=1S/C6H14O3S2.C4H11NO3/c7-5(3-10)1-9-2-6(8)4-11;5-4(1-6,2-7)3-8/h5-8,10-11H,1-4H2;6-8H,1-3,5H2. The van der Waals surface area contributed by atoms with Crippen molar-refractivity contribution in [3.8, 4) is 0 Å². The zero-order chi connectivity index (χ0) is 15.3. The SMILES string of the molecule is NC(CO)(CO)CO.OC(CS)COCC(O)CS. The number of nitrogens with two attached hydrogens (primary N) is 1. The molecule has 0 fully saturated rings. The van der Waals surface area contributed by atoms with Gasteiger partial charge < -0.3 is 36.0 Å². The quantitative estimate of drug-likeness (QED) is 0.216. The first-order valence-corrected chi connectivity index (χ1v) is 6.92. The van der Waals surface area contributed by atoms with Crippen LogP contribution < -0.4 is 5.73 Å². The summed E-state index contributed by atoms with van der Waals surface area (Å²) < 4.78 is 4.94. The van der Waals surface area contributed by atoms with Gasteiger partial charge in [0.25, 0.3) is 0 Å². The van der Waals surface area contributed by atoms with Crippen molar-refractivity contribution in [2.45, 2.75) is 17.7 Å². The maximum Gasteiger partial charge on any atom is 0.0861 e. The fourth-order valence-electron chi connectivity index (χ4n) is 0.596. The summed E-state index contributed by atoms with van der Waals surface area (Å²) in [4.78, 5) is 0. The third-order valence-corrected chi connectivity index (χ3v) is 2.83. The Balaban J connectivity index is 0. The number of aliphatic hydroxyl groups excluding tert-OH is 5. The first kappa shape index (κ1) is 21.7. The zero-order valence-electron chi connectivity index (χ0n) is 10.7. The van der Waals surface area contributed by atoms with Gasteiger partial charge in [-0.3, -0.25) is 0 Å². The molecule has 0 spiro atoms. The minimum Gasteiger partial charge on any atom is -0.394 e. The van der Waals surface area contributed by atoms with Crippen LogP contribution >= 0.6 is 25.3 Å². The summed E-state index contributed by atoms with van der Waals surface area (Å²) in [5.41, 5.74) is 3.94. The molecule has 7 N–H and O–H groups in total. The van der Waals surface area contributed by atoms with Crippen LogP contribution in [0.4, 0.5) is 0 Å². The highest BCUT2D eigenvalue weighted by molar-refractivity contribution is 7.80. The van der Waals surface area contributed by atoms with Crippen LogP contribution in [0.3, 0.4) is 0 Å². The fourth-order valence-corrected chi connectivity index (χ4v) is 0.806. The molecule has 0 saturated carbocycles. The fraction of sp³-hybridized carbons (Fsp3) is 1.00. The van der Waals surface area contributed by atoms with Crippen molar-refractivity contribution in [1.82, 2.24) is 0 Å². The summed E-state index contributed by atoms with van der Waals surface area (Å²) in [5.74, 6) is 0.744. The average molecular weight is 319 g/mol. The minimum absolute atomic E-state index is 0.217. The highest BCUT2D eigenvalue weighted by Gasteiger charge is 2.20. The lowest BCUT2D eigenvalue weighted by molar-refractivity contribution is 0.00690. The van der Waals surface area contributed by atoms with Gasteiger partial charge in [0.2, 0.25) is 0 Å². The monoisotopic (exact) mass is 319 g/mol. The Morgan fingerprint density at radius 1 is 0.895 bits per heavy atom. The van der Waals surface area contributed by atoms with Gasteiger partial charge in [-0.05, 0) is 0 Å². The summed E-state index contributed by atoms with van der Waals surface area (Å²) in [6, 6.07) is 0. The number of aliphatic hydroxyl groups is 5. The molecule has 0 aliphatic heterocycles. The maximum absolute atomic E-state index is 8.94. The van der Waals surface area contributed by atoms with E-state index in [0.29, 0.717) is 11.5 Å². The molecule has 0 amide bonds. The van der Waals surface area contributed by atoms with E-state index in [2.05, 4.69) is 25.3 Å². The van der Waals surface area contributed by atoms with Crippen LogP contribution in [0.1, 0.15) is 0 Å². The van der Waals surface area contributed by atoms with Crippen molar-refractivity contribution < 1.29 is 30.3 Å². The highest BCUT2D eigenvalue weighted by atomic mass is 32.1. The van der Waals surface area contributed by atoms with E-state index >= 15 is 0 Å². The van der Waals surface area contributed by atoms with E-state index in [-0.39, 0.29) is 13.2 Å². The Hall–Kier alpha value is 0.420. The molecule has 2 unspecified atom stereocenters. The van der Waals surface area contributed by atoms with Crippen molar-refractivity contribution in [2.75, 3.05) is 44.5 Å². The molecule has 0 aromatic heterocycles. The molecule has 0 saturated heterocycles. The van der Waals surface area contributed by atoms with Crippen LogP contribution in [0.15, 0.2) is 0 Å². The number of hydrogen-bond donors (Lipinski definition) is 8. The molecule has 0 radical (unpaired) electrons. The largest absolute Gasteiger partial charge is 0.394 e. The van der Waals surface area contributed by atoms with Gasteiger partial charge in [0, 0.05) is 11.5 Å². The molecule has 0 aromatic carbocycles. The smallest absolute Gasteiger partial charge is 0.0861 e. The first-order valence-electron chi connectivity index (χ1n) is 5.66. The molecular formula is C10H25NO6S2. The third kappa shape index (κ3) is 13.2. The van der Waals surface area contributed by atoms with Crippen LogP contribution in [0.5, 0.6) is 0 Å². The third-order valence-electron chi connectivity index (χ3n) is 1.99. The summed E-state index contributed by atoms with van der Waals surface area (Å²) in [6.07, 6.45) is -1.10. The molecule has 0 rings (SSSR count). The number of ether oxygens (including phenoxy) is 1. The summed E-state index contributed by atoms with van der Waals surface area (Å²) in [7, 11) is 0. The highest BCUT2D eigenvalue weighted by Crippen LogP contribution is 1.93. The van der Waals surface area contributed by atoms with E-state index in [4.69, 9.17) is 36.0 Å².